The van der Waals surface area contributed by atoms with Crippen LogP contribution in [-0.4, -0.2) is 452 Å². The molecule has 4 aliphatic heterocycles. The van der Waals surface area contributed by atoms with E-state index in [4.69, 9.17) is 88.5 Å². The predicted octanol–water partition coefficient (Wildman–Crippen LogP) is 0.738. The Balaban J connectivity index is 0.00000107. The molecule has 2 aromatic rings. The molecule has 670 valence electrons. The third-order valence-electron chi connectivity index (χ3n) is 21.2. The van der Waals surface area contributed by atoms with Gasteiger partial charge in [-0.15, -0.1) is 22.2 Å². The number of amides is 8. The SMILES string of the molecule is C.CC[Si](Cl)(Cl)CC.CC[Si]1(CC)OCCN(C(=O)c2cc(C(=O)N3CCO[Si](CC)(CC)OCC3)c(C(=O)N3CCO[Si](CC)(CC)OCC3)cc2C(=O)N2CCO[Si](CC)(CC)OCC2)CCO1.O=C(c1cc(C(=O)N(CCO)CCO)c(C(=O)N(CCO)CCO)cc1C(=O)N(CCO)CCO)N(CCO)CCO.[B][B]B([B])B([B])[B].[B][B][B]. The van der Waals surface area contributed by atoms with Gasteiger partial charge < -0.3 is 115 Å². The summed E-state index contributed by atoms with van der Waals surface area (Å²) in [5.74, 6) is -5.36. The summed E-state index contributed by atoms with van der Waals surface area (Å²) in [6, 6.07) is 13.2. The van der Waals surface area contributed by atoms with Crippen molar-refractivity contribution >= 4 is 184 Å². The number of benzene rings is 2. The van der Waals surface area contributed by atoms with Crippen LogP contribution in [0.5, 0.6) is 0 Å². The summed E-state index contributed by atoms with van der Waals surface area (Å²) in [5.41, 5.74) is -1.46. The van der Waals surface area contributed by atoms with E-state index in [0.29, 0.717) is 0 Å². The highest BCUT2D eigenvalue weighted by atomic mass is 35.7. The molecule has 0 bridgehead atoms. The monoisotopic (exact) mass is 1820 g/mol. The van der Waals surface area contributed by atoms with Gasteiger partial charge in [-0.25, -0.2) is 0 Å². The van der Waals surface area contributed by atoms with Crippen LogP contribution in [0.25, 0.3) is 0 Å². The molecule has 49 heteroatoms. The minimum atomic E-state index is -2.40. The van der Waals surface area contributed by atoms with Crippen molar-refractivity contribution in [3.05, 3.63) is 68.8 Å². The molecule has 122 heavy (non-hydrogen) atoms. The number of aliphatic hydroxyl groups excluding tert-OH is 8. The fraction of sp³-hybridized carbons (Fsp3) is 0.726. The number of nitrogens with zero attached hydrogens (tertiary/aromatic N) is 8. The normalized spacial score (nSPS) is 16.4. The van der Waals surface area contributed by atoms with Crippen molar-refractivity contribution in [2.75, 3.05) is 210 Å². The van der Waals surface area contributed by atoms with E-state index in [1.54, 1.807) is 19.6 Å². The molecular formula is C73H130B10Cl2N8O24Si5. The average molecular weight is 1820 g/mol. The van der Waals surface area contributed by atoms with Crippen LogP contribution in [0.4, 0.5) is 0 Å². The number of hydrogen-bond donors (Lipinski definition) is 8. The minimum Gasteiger partial charge on any atom is -0.395 e. The van der Waals surface area contributed by atoms with E-state index < -0.39 is 170 Å². The molecule has 6 rings (SSSR count). The summed E-state index contributed by atoms with van der Waals surface area (Å²) in [5, 5.41) is 75.8. The zero-order chi connectivity index (χ0) is 91.1. The van der Waals surface area contributed by atoms with Gasteiger partial charge in [-0.2, -0.15) is 0 Å². The fourth-order valence-electron chi connectivity index (χ4n) is 13.4. The maximum Gasteiger partial charge on any atom is 0.337 e. The van der Waals surface area contributed by atoms with Gasteiger partial charge >= 0.3 is 34.2 Å². The standard InChI is InChI=1S/C42H74N4O12Si4.C26H42N4O12.C4H10Cl2Si.CH4.B7.B3/c1-9-59(10-2)51-25-17-43(18-26-52-59)39(47)35-33-37(41(49)45-21-29-55-61(13-5,14-6)56-30-22-45)38(42(50)46-23-31-57-62(15-7,16-8)58-32-24-46)34-36(35)40(48)44-19-27-53-60(11-3,12-4)54-28-20-44;31-9-1-27(2-10-32)23(39)19-17-21(25(41)29(5-13-35)6-14-36)22(26(42)30(7-15-37)8-16-38)18-20(19)24(40)28(3-11-33)4-12-34;1-3-7(5,6)4-2;;1-5-7(4)6(2)3;1-3-2/h33-34H,9-32H2,1-8H3;17-18,31-38H,1-16H2;3-4H2,1-2H3;1H4;;. The van der Waals surface area contributed by atoms with Crippen LogP contribution < -0.4 is 0 Å². The lowest BCUT2D eigenvalue weighted by atomic mass is 8.76. The number of halogens is 2. The number of rotatable bonds is 36. The highest BCUT2D eigenvalue weighted by molar-refractivity contribution is 7.81. The molecule has 2 aromatic carbocycles. The maximum absolute atomic E-state index is 15.0. The summed E-state index contributed by atoms with van der Waals surface area (Å²) in [7, 11) is 22.0. The molecule has 0 unspecified atom stereocenters. The highest BCUT2D eigenvalue weighted by Crippen LogP contribution is 2.31. The second-order valence-corrected chi connectivity index (χ2v) is 51.7. The van der Waals surface area contributed by atoms with E-state index in [-0.39, 0.29) is 194 Å². The molecule has 0 saturated carbocycles. The van der Waals surface area contributed by atoms with Gasteiger partial charge in [0.1, 0.15) is 0 Å². The first-order valence-corrected chi connectivity index (χ1v) is 55.3. The molecule has 14 radical (unpaired) electrons. The molecule has 0 atom stereocenters. The Morgan fingerprint density at radius 1 is 0.352 bits per heavy atom. The lowest BCUT2D eigenvalue weighted by Gasteiger charge is -2.36. The van der Waals surface area contributed by atoms with Crippen LogP contribution in [0.1, 0.15) is 160 Å². The van der Waals surface area contributed by atoms with E-state index in [1.807, 2.05) is 13.8 Å². The van der Waals surface area contributed by atoms with E-state index in [2.05, 4.69) is 70.9 Å². The molecule has 4 saturated heterocycles. The second-order valence-electron chi connectivity index (χ2n) is 28.4. The molecule has 8 N–H and O–H groups in total. The zero-order valence-electron chi connectivity index (χ0n) is 72.7. The third kappa shape index (κ3) is 35.4. The van der Waals surface area contributed by atoms with Crippen LogP contribution in [0.2, 0.25) is 60.4 Å². The van der Waals surface area contributed by atoms with Crippen molar-refractivity contribution in [2.24, 2.45) is 0 Å². The molecule has 0 aromatic heterocycles. The molecule has 0 aliphatic carbocycles. The largest absolute Gasteiger partial charge is 0.395 e. The summed E-state index contributed by atoms with van der Waals surface area (Å²) in [4.78, 5) is 125. The van der Waals surface area contributed by atoms with Crippen molar-refractivity contribution in [3.8, 4) is 0 Å². The summed E-state index contributed by atoms with van der Waals surface area (Å²) in [6.07, 6.45) is -0.926. The van der Waals surface area contributed by atoms with Crippen LogP contribution in [0.3, 0.4) is 0 Å². The predicted molar refractivity (Wildman–Crippen MR) is 494 cm³/mol. The van der Waals surface area contributed by atoms with E-state index >= 15 is 0 Å². The summed E-state index contributed by atoms with van der Waals surface area (Å²) in [6.45, 7) is 17.3. The Morgan fingerprint density at radius 2 is 0.508 bits per heavy atom. The van der Waals surface area contributed by atoms with E-state index in [1.165, 1.54) is 19.2 Å². The van der Waals surface area contributed by atoms with Crippen LogP contribution in [0, 0.1) is 0 Å². The first kappa shape index (κ1) is 116. The van der Waals surface area contributed by atoms with Gasteiger partial charge in [-0.05, 0) is 84.7 Å². The Hall–Kier alpha value is -4.13. The number of carbonyl (C=O) groups is 8. The Morgan fingerprint density at radius 3 is 0.615 bits per heavy atom. The minimum absolute atomic E-state index is 0. The van der Waals surface area contributed by atoms with Gasteiger partial charge in [-0.1, -0.05) is 76.7 Å². The summed E-state index contributed by atoms with van der Waals surface area (Å²) < 4.78 is 50.8. The Bertz CT molecular complexity index is 2990. The molecule has 8 amide bonds. The van der Waals surface area contributed by atoms with Gasteiger partial charge in [0.05, 0.1) is 150 Å². The Kier molecular flexibility index (Phi) is 58.3. The second kappa shape index (κ2) is 61.4. The first-order chi connectivity index (χ1) is 57.8. The number of aliphatic hydroxyl groups is 8. The Labute approximate surface area is 749 Å². The van der Waals surface area contributed by atoms with Gasteiger partial charge in [-0.3, -0.25) is 38.4 Å². The van der Waals surface area contributed by atoms with E-state index in [9.17, 15) is 79.2 Å². The average Bonchev–Trinajstić information content (AvgIpc) is 0.773. The van der Waals surface area contributed by atoms with Crippen molar-refractivity contribution < 1.29 is 115 Å². The number of hydrogen-bond acceptors (Lipinski definition) is 24. The van der Waals surface area contributed by atoms with Gasteiger partial charge in [0, 0.05) is 178 Å². The quantitative estimate of drug-likeness (QED) is 0.0344. The molecular weight excluding hydrogens is 1690 g/mol. The number of carbonyl (C=O) groups excluding carboxylic acids is 8. The van der Waals surface area contributed by atoms with Gasteiger partial charge in [0.15, 0.2) is 0 Å². The lowest BCUT2D eigenvalue weighted by Crippen LogP contribution is -2.50. The van der Waals surface area contributed by atoms with Crippen molar-refractivity contribution in [1.82, 2.24) is 39.2 Å². The molecule has 4 aliphatic rings. The van der Waals surface area contributed by atoms with Crippen LogP contribution in [0.15, 0.2) is 24.3 Å². The van der Waals surface area contributed by atoms with Gasteiger partial charge in [0.2, 0.25) is 0 Å². The summed E-state index contributed by atoms with van der Waals surface area (Å²) >= 11 is 11.6. The van der Waals surface area contributed by atoms with Crippen molar-refractivity contribution in [3.63, 3.8) is 0 Å². The topological polar surface area (TPSA) is 398 Å². The van der Waals surface area contributed by atoms with Crippen LogP contribution >= 0.6 is 22.2 Å². The molecule has 0 spiro atoms. The third-order valence-corrected chi connectivity index (χ3v) is 41.0. The highest BCUT2D eigenvalue weighted by Gasteiger charge is 2.43. The fourth-order valence-corrected chi connectivity index (χ4v) is 23.2. The molecule has 4 heterocycles. The lowest BCUT2D eigenvalue weighted by molar-refractivity contribution is 0.0536. The maximum atomic E-state index is 15.0. The van der Waals surface area contributed by atoms with Crippen molar-refractivity contribution in [1.29, 1.82) is 0 Å². The van der Waals surface area contributed by atoms with Gasteiger partial charge in [0.25, 0.3) is 54.0 Å². The van der Waals surface area contributed by atoms with Crippen LogP contribution in [-0.2, 0) is 35.4 Å². The molecule has 32 nitrogen and oxygen atoms in total. The smallest absolute Gasteiger partial charge is 0.337 e. The first-order valence-electron chi connectivity index (χ1n) is 41.9. The zero-order valence-corrected chi connectivity index (χ0v) is 79.2. The van der Waals surface area contributed by atoms with E-state index in [0.717, 1.165) is 99.2 Å². The van der Waals surface area contributed by atoms with Crippen molar-refractivity contribution in [2.45, 2.75) is 137 Å². The molecule has 4 fully saturated rings.